The number of morpholine rings is 1. The third kappa shape index (κ3) is 3.28. The molecule has 2 saturated heterocycles. The smallest absolute Gasteiger partial charge is 0.272 e. The maximum atomic E-state index is 12.7. The third-order valence-electron chi connectivity index (χ3n) is 5.46. The van der Waals surface area contributed by atoms with Gasteiger partial charge in [0.05, 0.1) is 18.7 Å². The average molecular weight is 342 g/mol. The highest BCUT2D eigenvalue weighted by Crippen LogP contribution is 2.28. The van der Waals surface area contributed by atoms with Crippen molar-refractivity contribution in [3.8, 4) is 0 Å². The van der Waals surface area contributed by atoms with E-state index in [0.717, 1.165) is 43.5 Å². The van der Waals surface area contributed by atoms with Gasteiger partial charge in [-0.05, 0) is 31.9 Å². The lowest BCUT2D eigenvalue weighted by atomic mass is 9.89. The van der Waals surface area contributed by atoms with Crippen LogP contribution in [0, 0.1) is 0 Å². The summed E-state index contributed by atoms with van der Waals surface area (Å²) in [5.74, 6) is -0.0801. The van der Waals surface area contributed by atoms with E-state index >= 15 is 0 Å². The quantitative estimate of drug-likeness (QED) is 0.875. The van der Waals surface area contributed by atoms with Gasteiger partial charge in [-0.25, -0.2) is 0 Å². The summed E-state index contributed by atoms with van der Waals surface area (Å²) in [6.45, 7) is 4.92. The average Bonchev–Trinajstić information content (AvgIpc) is 3.04. The molecule has 134 valence electrons. The van der Waals surface area contributed by atoms with Gasteiger partial charge in [0, 0.05) is 23.5 Å². The number of rotatable bonds is 5. The molecule has 0 saturated carbocycles. The molecule has 1 aromatic carbocycles. The van der Waals surface area contributed by atoms with Gasteiger partial charge in [0.15, 0.2) is 5.69 Å². The highest BCUT2D eigenvalue weighted by molar-refractivity contribution is 6.04. The molecule has 2 fully saturated rings. The molecular weight excluding hydrogens is 316 g/mol. The Morgan fingerprint density at radius 1 is 1.32 bits per heavy atom. The molecule has 6 heteroatoms. The fraction of sp³-hybridized carbons (Fsp3) is 0.579. The number of carbonyl (C=O) groups is 1. The van der Waals surface area contributed by atoms with Crippen LogP contribution in [0.4, 0.5) is 0 Å². The number of aromatic amines is 1. The molecule has 2 aromatic rings. The number of hydrogen-bond donors (Lipinski definition) is 2. The fourth-order valence-corrected chi connectivity index (χ4v) is 4.20. The fourth-order valence-electron chi connectivity index (χ4n) is 4.20. The van der Waals surface area contributed by atoms with E-state index in [9.17, 15) is 4.79 Å². The van der Waals surface area contributed by atoms with Gasteiger partial charge in [-0.1, -0.05) is 31.5 Å². The Kier molecular flexibility index (Phi) is 4.72. The third-order valence-corrected chi connectivity index (χ3v) is 5.46. The minimum absolute atomic E-state index is 0.0801. The highest BCUT2D eigenvalue weighted by atomic mass is 16.5. The van der Waals surface area contributed by atoms with Crippen LogP contribution in [0.15, 0.2) is 24.3 Å². The molecule has 2 aliphatic heterocycles. The molecule has 1 amide bonds. The van der Waals surface area contributed by atoms with Crippen molar-refractivity contribution >= 4 is 16.8 Å². The van der Waals surface area contributed by atoms with Crippen LogP contribution in [-0.2, 0) is 4.74 Å². The number of nitrogens with one attached hydrogen (secondary N) is 2. The lowest BCUT2D eigenvalue weighted by Crippen LogP contribution is -2.60. The zero-order valence-corrected chi connectivity index (χ0v) is 14.7. The largest absolute Gasteiger partial charge is 0.378 e. The molecule has 1 aromatic heterocycles. The first-order valence-corrected chi connectivity index (χ1v) is 9.33. The Morgan fingerprint density at radius 3 is 2.84 bits per heavy atom. The summed E-state index contributed by atoms with van der Waals surface area (Å²) in [5.41, 5.74) is 1.39. The number of hydrogen-bond acceptors (Lipinski definition) is 4. The van der Waals surface area contributed by atoms with Crippen LogP contribution < -0.4 is 5.32 Å². The van der Waals surface area contributed by atoms with E-state index in [0.29, 0.717) is 17.8 Å². The van der Waals surface area contributed by atoms with E-state index in [-0.39, 0.29) is 11.9 Å². The summed E-state index contributed by atoms with van der Waals surface area (Å²) >= 11 is 0. The van der Waals surface area contributed by atoms with Crippen molar-refractivity contribution < 1.29 is 9.53 Å². The number of ether oxygens (including phenoxy) is 1. The molecule has 2 N–H and O–H groups in total. The topological polar surface area (TPSA) is 70.2 Å². The zero-order chi connectivity index (χ0) is 17.2. The van der Waals surface area contributed by atoms with Crippen molar-refractivity contribution in [2.24, 2.45) is 0 Å². The van der Waals surface area contributed by atoms with Crippen LogP contribution >= 0.6 is 0 Å². The van der Waals surface area contributed by atoms with Crippen LogP contribution in [0.25, 0.3) is 10.9 Å². The summed E-state index contributed by atoms with van der Waals surface area (Å²) in [4.78, 5) is 15.3. The second-order valence-corrected chi connectivity index (χ2v) is 7.20. The van der Waals surface area contributed by atoms with Gasteiger partial charge in [0.25, 0.3) is 5.91 Å². The number of aromatic nitrogens is 2. The lowest BCUT2D eigenvalue weighted by molar-refractivity contribution is -0.0802. The molecule has 4 rings (SSSR count). The Balaban J connectivity index is 1.44. The number of unbranched alkanes of at least 4 members (excludes halogenated alkanes) is 1. The summed E-state index contributed by atoms with van der Waals surface area (Å²) in [7, 11) is 0. The van der Waals surface area contributed by atoms with Gasteiger partial charge in [-0.2, -0.15) is 5.10 Å². The molecule has 2 bridgehead atoms. The van der Waals surface area contributed by atoms with Gasteiger partial charge in [0.1, 0.15) is 0 Å². The van der Waals surface area contributed by atoms with E-state index < -0.39 is 0 Å². The minimum atomic E-state index is -0.0801. The molecule has 1 unspecified atom stereocenters. The summed E-state index contributed by atoms with van der Waals surface area (Å²) < 4.78 is 5.76. The Hall–Kier alpha value is -1.92. The first-order chi connectivity index (χ1) is 12.3. The van der Waals surface area contributed by atoms with Crippen molar-refractivity contribution in [2.75, 3.05) is 19.8 Å². The molecule has 0 aliphatic carbocycles. The van der Waals surface area contributed by atoms with Gasteiger partial charge in [-0.3, -0.25) is 14.8 Å². The maximum absolute atomic E-state index is 12.7. The second-order valence-electron chi connectivity index (χ2n) is 7.20. The van der Waals surface area contributed by atoms with Crippen LogP contribution in [0.3, 0.4) is 0 Å². The van der Waals surface area contributed by atoms with Crippen molar-refractivity contribution in [1.82, 2.24) is 20.4 Å². The van der Waals surface area contributed by atoms with Crippen LogP contribution in [0.5, 0.6) is 0 Å². The number of para-hydroxylation sites is 1. The van der Waals surface area contributed by atoms with Gasteiger partial charge < -0.3 is 10.1 Å². The number of H-pyrrole nitrogens is 1. The predicted molar refractivity (Wildman–Crippen MR) is 96.6 cm³/mol. The zero-order valence-electron chi connectivity index (χ0n) is 14.7. The van der Waals surface area contributed by atoms with Crippen molar-refractivity contribution in [3.63, 3.8) is 0 Å². The molecule has 6 nitrogen and oxygen atoms in total. The molecule has 3 atom stereocenters. The van der Waals surface area contributed by atoms with E-state index in [2.05, 4.69) is 27.3 Å². The van der Waals surface area contributed by atoms with Crippen LogP contribution in [0.1, 0.15) is 43.1 Å². The molecule has 25 heavy (non-hydrogen) atoms. The Bertz CT molecular complexity index is 730. The first kappa shape index (κ1) is 16.5. The number of fused-ring (bicyclic) bond motifs is 3. The standard InChI is InChI=1S/C19H26N4O2/c1-2-3-8-23-14-9-13(10-15(23)12-25-11-14)20-19(24)18-16-6-4-5-7-17(16)21-22-18/h4-7,13-15H,2-3,8-12H2,1H3,(H,20,24)(H,21,22)/t13?,14-,15+. The number of piperidine rings is 1. The Labute approximate surface area is 147 Å². The normalized spacial score (nSPS) is 26.7. The lowest BCUT2D eigenvalue weighted by Gasteiger charge is -2.48. The monoisotopic (exact) mass is 342 g/mol. The predicted octanol–water partition coefficient (Wildman–Crippen LogP) is 2.32. The van der Waals surface area contributed by atoms with Crippen molar-refractivity contribution in [3.05, 3.63) is 30.0 Å². The minimum Gasteiger partial charge on any atom is -0.378 e. The number of amides is 1. The van der Waals surface area contributed by atoms with E-state index in [1.165, 1.54) is 12.8 Å². The van der Waals surface area contributed by atoms with Gasteiger partial charge in [0.2, 0.25) is 0 Å². The number of nitrogens with zero attached hydrogens (tertiary/aromatic N) is 2. The van der Waals surface area contributed by atoms with Gasteiger partial charge in [-0.15, -0.1) is 0 Å². The van der Waals surface area contributed by atoms with Gasteiger partial charge >= 0.3 is 0 Å². The number of carbonyl (C=O) groups excluding carboxylic acids is 1. The molecule has 2 aliphatic rings. The first-order valence-electron chi connectivity index (χ1n) is 9.33. The molecule has 0 spiro atoms. The van der Waals surface area contributed by atoms with Crippen molar-refractivity contribution in [2.45, 2.75) is 50.7 Å². The van der Waals surface area contributed by atoms with Crippen LogP contribution in [0.2, 0.25) is 0 Å². The summed E-state index contributed by atoms with van der Waals surface area (Å²) in [5, 5.41) is 11.2. The summed E-state index contributed by atoms with van der Waals surface area (Å²) in [6.07, 6.45) is 4.34. The Morgan fingerprint density at radius 2 is 2.08 bits per heavy atom. The summed E-state index contributed by atoms with van der Waals surface area (Å²) in [6, 6.07) is 8.77. The number of benzene rings is 1. The van der Waals surface area contributed by atoms with E-state index in [1.54, 1.807) is 0 Å². The molecule has 3 heterocycles. The highest BCUT2D eigenvalue weighted by Gasteiger charge is 2.39. The molecule has 0 radical (unpaired) electrons. The van der Waals surface area contributed by atoms with E-state index in [1.807, 2.05) is 24.3 Å². The SMILES string of the molecule is CCCCN1[C@@H]2COC[C@H]1CC(NC(=O)c1n[nH]c3ccccc13)C2. The van der Waals surface area contributed by atoms with Crippen LogP contribution in [-0.4, -0.2) is 58.9 Å². The maximum Gasteiger partial charge on any atom is 0.272 e. The molecular formula is C19H26N4O2. The van der Waals surface area contributed by atoms with E-state index in [4.69, 9.17) is 4.74 Å². The van der Waals surface area contributed by atoms with Crippen molar-refractivity contribution in [1.29, 1.82) is 0 Å². The second kappa shape index (κ2) is 7.14.